The molecular formula is C120H80. The summed E-state index contributed by atoms with van der Waals surface area (Å²) in [6.07, 6.45) is 0. The van der Waals surface area contributed by atoms with Gasteiger partial charge in [0.15, 0.2) is 0 Å². The highest BCUT2D eigenvalue weighted by Crippen LogP contribution is 2.59. The lowest BCUT2D eigenvalue weighted by molar-refractivity contribution is 1.40. The monoisotopic (exact) mass is 1520 g/mol. The van der Waals surface area contributed by atoms with E-state index in [4.69, 9.17) is 0 Å². The van der Waals surface area contributed by atoms with Crippen LogP contribution in [0.25, 0.3) is 264 Å². The SMILES string of the molecule is Cc1ccc(C)c(-c2ccc3c4c(cccc24)-c2cc4c(-c5cc(C)ccc5C)cc5c6cc7c(cc6c(-c6cc(C)ccc6C)cc5c4cc2-3)-c2cccc3c(-c4cc(C)ccc4C)ccc-7c23)c1.c1ccc(-c2cc3c4cc5c(cc4c(-c4ccccc4)cc3c3cc4c(cc23)-c2cccc3cccc-4c23)-c2cccc3cccc-5c23)cc1. The van der Waals surface area contributed by atoms with Crippen LogP contribution in [0.1, 0.15) is 44.5 Å². The van der Waals surface area contributed by atoms with Crippen molar-refractivity contribution in [2.24, 2.45) is 0 Å². The lowest BCUT2D eigenvalue weighted by atomic mass is 9.83. The highest BCUT2D eigenvalue weighted by atomic mass is 14.4. The first-order chi connectivity index (χ1) is 58.8. The third-order valence-corrected chi connectivity index (χ3v) is 27.8. The largest absolute Gasteiger partial charge is 0.0622 e. The van der Waals surface area contributed by atoms with Crippen molar-refractivity contribution in [3.8, 4) is 156 Å². The quantitative estimate of drug-likeness (QED) is 0.146. The lowest BCUT2D eigenvalue weighted by Crippen LogP contribution is -1.94. The Labute approximate surface area is 698 Å². The molecule has 22 aromatic rings. The molecule has 0 aromatic heterocycles. The number of hydrogen-bond acceptors (Lipinski definition) is 0. The summed E-state index contributed by atoms with van der Waals surface area (Å²) in [7, 11) is 0. The van der Waals surface area contributed by atoms with Gasteiger partial charge in [0.1, 0.15) is 0 Å². The molecule has 26 rings (SSSR count). The fraction of sp³-hybridized carbons (Fsp3) is 0.0667. The second-order valence-electron chi connectivity index (χ2n) is 34.9. The first-order valence-corrected chi connectivity index (χ1v) is 42.5. The van der Waals surface area contributed by atoms with Crippen LogP contribution in [0.2, 0.25) is 0 Å². The minimum absolute atomic E-state index is 1.24. The molecule has 0 atom stereocenters. The Kier molecular flexibility index (Phi) is 14.6. The molecule has 0 spiro atoms. The van der Waals surface area contributed by atoms with Crippen molar-refractivity contribution in [3.63, 3.8) is 0 Å². The van der Waals surface area contributed by atoms with Crippen LogP contribution < -0.4 is 0 Å². The summed E-state index contributed by atoms with van der Waals surface area (Å²) in [5.74, 6) is 0. The van der Waals surface area contributed by atoms with Gasteiger partial charge in [-0.15, -0.1) is 0 Å². The van der Waals surface area contributed by atoms with E-state index >= 15 is 0 Å². The highest BCUT2D eigenvalue weighted by Gasteiger charge is 2.32. The zero-order chi connectivity index (χ0) is 79.9. The van der Waals surface area contributed by atoms with Crippen LogP contribution in [-0.4, -0.2) is 0 Å². The molecule has 0 saturated heterocycles. The van der Waals surface area contributed by atoms with Crippen LogP contribution in [0.15, 0.2) is 340 Å². The molecule has 4 aliphatic carbocycles. The average Bonchev–Trinajstić information content (AvgIpc) is 1.55. The van der Waals surface area contributed by atoms with Gasteiger partial charge < -0.3 is 0 Å². The molecular weight excluding hydrogens is 1440 g/mol. The molecule has 0 fully saturated rings. The molecule has 0 aliphatic heterocycles. The Morgan fingerprint density at radius 1 is 0.117 bits per heavy atom. The number of hydrogen-bond donors (Lipinski definition) is 0. The van der Waals surface area contributed by atoms with Gasteiger partial charge in [0, 0.05) is 0 Å². The summed E-state index contributed by atoms with van der Waals surface area (Å²) in [4.78, 5) is 0. The van der Waals surface area contributed by atoms with Crippen molar-refractivity contribution in [2.75, 3.05) is 0 Å². The highest BCUT2D eigenvalue weighted by molar-refractivity contribution is 6.33. The second-order valence-corrected chi connectivity index (χ2v) is 34.9. The van der Waals surface area contributed by atoms with Gasteiger partial charge in [-0.25, -0.2) is 0 Å². The van der Waals surface area contributed by atoms with Gasteiger partial charge in [0.05, 0.1) is 0 Å². The Balaban J connectivity index is 0.000000140. The van der Waals surface area contributed by atoms with Gasteiger partial charge in [-0.1, -0.05) is 289 Å². The predicted octanol–water partition coefficient (Wildman–Crippen LogP) is 34.0. The number of rotatable bonds is 6. The van der Waals surface area contributed by atoms with Crippen LogP contribution >= 0.6 is 0 Å². The third kappa shape index (κ3) is 9.88. The zero-order valence-corrected chi connectivity index (χ0v) is 68.3. The first kappa shape index (κ1) is 68.6. The van der Waals surface area contributed by atoms with Gasteiger partial charge in [-0.05, 0) is 414 Å². The predicted molar refractivity (Wildman–Crippen MR) is 516 cm³/mol. The molecule has 560 valence electrons. The maximum absolute atomic E-state index is 2.56. The summed E-state index contributed by atoms with van der Waals surface area (Å²) in [5, 5.41) is 26.2. The van der Waals surface area contributed by atoms with Crippen LogP contribution in [0.3, 0.4) is 0 Å². The van der Waals surface area contributed by atoms with E-state index in [0.29, 0.717) is 0 Å². The Hall–Kier alpha value is -14.6. The van der Waals surface area contributed by atoms with E-state index in [-0.39, 0.29) is 0 Å². The number of benzene rings is 22. The van der Waals surface area contributed by atoms with Gasteiger partial charge >= 0.3 is 0 Å². The zero-order valence-electron chi connectivity index (χ0n) is 68.3. The van der Waals surface area contributed by atoms with Crippen molar-refractivity contribution in [3.05, 3.63) is 384 Å². The summed E-state index contributed by atoms with van der Waals surface area (Å²) >= 11 is 0. The molecule has 0 unspecified atom stereocenters. The summed E-state index contributed by atoms with van der Waals surface area (Å²) in [6, 6.07) is 130. The average molecular weight is 1520 g/mol. The molecule has 0 heterocycles. The van der Waals surface area contributed by atoms with Crippen LogP contribution in [0, 0.1) is 55.4 Å². The van der Waals surface area contributed by atoms with Crippen molar-refractivity contribution in [1.82, 2.24) is 0 Å². The molecule has 0 radical (unpaired) electrons. The standard InChI is InChI=1S/C70H52.C50H28/c1-37-15-19-41(5)53(27-37)45-23-25-51-59-33-65-63(31-57(59)49-13-9-11-47(45)69(49)51)61(55-29-39(3)17-21-43(55)7)35-68-66-34-60-52-26-24-46(54-28-38(2)16-20-42(54)6)48-12-10-14-50(70(48)52)58(60)32-64(66)62(36-67(65)68)56-30-40(4)18-22-44(56)8;1-3-11-29(12-4-1)37-23-45-46(47-27-41-35-21-9-17-31-15-7-19-33(49(31)35)39(41)25-43(37)47)24-38(30-13-5-2-6-14-30)44-26-40-34-20-8-16-32-18-10-22-36(50(32)34)42(40)28-48(44)45/h9-36H,1-8H3;1-28H. The van der Waals surface area contributed by atoms with Crippen LogP contribution in [-0.2, 0) is 0 Å². The Morgan fingerprint density at radius 3 is 0.650 bits per heavy atom. The van der Waals surface area contributed by atoms with E-state index in [0.717, 1.165) is 0 Å². The van der Waals surface area contributed by atoms with E-state index in [9.17, 15) is 0 Å². The molecule has 4 aliphatic rings. The minimum Gasteiger partial charge on any atom is -0.0622 e. The maximum atomic E-state index is 2.56. The van der Waals surface area contributed by atoms with E-state index in [2.05, 4.69) is 395 Å². The fourth-order valence-electron chi connectivity index (χ4n) is 22.1. The van der Waals surface area contributed by atoms with E-state index in [1.165, 1.54) is 308 Å². The van der Waals surface area contributed by atoms with Gasteiger partial charge in [0.2, 0.25) is 0 Å². The van der Waals surface area contributed by atoms with E-state index in [1.54, 1.807) is 0 Å². The topological polar surface area (TPSA) is 0 Å². The van der Waals surface area contributed by atoms with Gasteiger partial charge in [-0.2, -0.15) is 0 Å². The molecule has 120 heavy (non-hydrogen) atoms. The molecule has 0 amide bonds. The summed E-state index contributed by atoms with van der Waals surface area (Å²) in [6.45, 7) is 17.9. The summed E-state index contributed by atoms with van der Waals surface area (Å²) < 4.78 is 0. The smallest absolute Gasteiger partial charge is 0.00201 e. The van der Waals surface area contributed by atoms with Crippen molar-refractivity contribution < 1.29 is 0 Å². The molecule has 0 N–H and O–H groups in total. The minimum atomic E-state index is 1.24. The number of fused-ring (bicyclic) bond motifs is 22. The fourth-order valence-corrected chi connectivity index (χ4v) is 22.1. The number of aryl methyl sites for hydroxylation is 8. The van der Waals surface area contributed by atoms with Crippen LogP contribution in [0.5, 0.6) is 0 Å². The molecule has 22 aromatic carbocycles. The van der Waals surface area contributed by atoms with Crippen molar-refractivity contribution >= 4 is 108 Å². The second kappa shape index (κ2) is 25.5. The molecule has 0 heteroatoms. The maximum Gasteiger partial charge on any atom is -0.00201 e. The Morgan fingerprint density at radius 2 is 0.342 bits per heavy atom. The molecule has 0 saturated carbocycles. The third-order valence-electron chi connectivity index (χ3n) is 27.8. The molecule has 0 bridgehead atoms. The van der Waals surface area contributed by atoms with E-state index < -0.39 is 0 Å². The summed E-state index contributed by atoms with van der Waals surface area (Å²) in [5.41, 5.74) is 46.9. The first-order valence-electron chi connectivity index (χ1n) is 42.5. The van der Waals surface area contributed by atoms with E-state index in [1.807, 2.05) is 0 Å². The molecule has 0 nitrogen and oxygen atoms in total. The van der Waals surface area contributed by atoms with Gasteiger partial charge in [0.25, 0.3) is 0 Å². The van der Waals surface area contributed by atoms with Crippen molar-refractivity contribution in [2.45, 2.75) is 55.4 Å². The normalized spacial score (nSPS) is 12.3. The lowest BCUT2D eigenvalue weighted by Gasteiger charge is -2.20. The van der Waals surface area contributed by atoms with Crippen LogP contribution in [0.4, 0.5) is 0 Å². The Bertz CT molecular complexity index is 7940. The van der Waals surface area contributed by atoms with Gasteiger partial charge in [-0.3, -0.25) is 0 Å². The van der Waals surface area contributed by atoms with Crippen molar-refractivity contribution in [1.29, 1.82) is 0 Å².